The normalized spacial score (nSPS) is 19.2. The molecule has 3 rings (SSSR count). The zero-order chi connectivity index (χ0) is 17.1. The summed E-state index contributed by atoms with van der Waals surface area (Å²) in [6.45, 7) is 4.01. The molecule has 1 N–H and O–H groups in total. The van der Waals surface area contributed by atoms with Gasteiger partial charge in [0.15, 0.2) is 11.6 Å². The minimum absolute atomic E-state index is 0.00627. The minimum Gasteiger partial charge on any atom is -0.488 e. The van der Waals surface area contributed by atoms with E-state index in [0.29, 0.717) is 6.54 Å². The summed E-state index contributed by atoms with van der Waals surface area (Å²) in [5.41, 5.74) is 1.81. The Morgan fingerprint density at radius 2 is 2.25 bits per heavy atom. The first kappa shape index (κ1) is 16.4. The highest BCUT2D eigenvalue weighted by Gasteiger charge is 2.43. The number of benzene rings is 1. The third-order valence-electron chi connectivity index (χ3n) is 4.07. The fraction of sp³-hybridized carbons (Fsp3) is 0.368. The first-order valence-corrected chi connectivity index (χ1v) is 8.17. The van der Waals surface area contributed by atoms with Crippen LogP contribution in [0.4, 0.5) is 4.39 Å². The van der Waals surface area contributed by atoms with Crippen molar-refractivity contribution in [2.45, 2.75) is 38.8 Å². The molecule has 1 fully saturated rings. The highest BCUT2D eigenvalue weighted by molar-refractivity contribution is 5.82. The quantitative estimate of drug-likeness (QED) is 0.884. The molecular formula is C19H21FN2O2. The fourth-order valence-corrected chi connectivity index (χ4v) is 2.77. The zero-order valence-electron chi connectivity index (χ0n) is 13.8. The van der Waals surface area contributed by atoms with Crippen molar-refractivity contribution in [1.29, 1.82) is 0 Å². The van der Waals surface area contributed by atoms with Gasteiger partial charge < -0.3 is 10.1 Å². The van der Waals surface area contributed by atoms with E-state index in [9.17, 15) is 9.18 Å². The van der Waals surface area contributed by atoms with Crippen LogP contribution in [0.2, 0.25) is 0 Å². The van der Waals surface area contributed by atoms with Crippen LogP contribution in [-0.4, -0.2) is 17.0 Å². The van der Waals surface area contributed by atoms with Gasteiger partial charge in [-0.05, 0) is 55.5 Å². The molecule has 5 heteroatoms. The maximum atomic E-state index is 13.9. The Bertz CT molecular complexity index is 719. The van der Waals surface area contributed by atoms with Gasteiger partial charge in [0, 0.05) is 24.9 Å². The average molecular weight is 328 g/mol. The number of pyridine rings is 1. The molecule has 0 radical (unpaired) electrons. The first-order chi connectivity index (χ1) is 11.5. The van der Waals surface area contributed by atoms with Crippen LogP contribution in [0.5, 0.6) is 5.75 Å². The lowest BCUT2D eigenvalue weighted by molar-refractivity contribution is -0.122. The van der Waals surface area contributed by atoms with Crippen LogP contribution in [0, 0.1) is 11.7 Å². The number of carbonyl (C=O) groups is 1. The van der Waals surface area contributed by atoms with Crippen LogP contribution >= 0.6 is 0 Å². The summed E-state index contributed by atoms with van der Waals surface area (Å²) < 4.78 is 19.3. The number of halogens is 1. The average Bonchev–Trinajstić information content (AvgIpc) is 3.36. The highest BCUT2D eigenvalue weighted by atomic mass is 19.1. The smallest absolute Gasteiger partial charge is 0.224 e. The minimum atomic E-state index is -0.407. The Kier molecular flexibility index (Phi) is 4.79. The second kappa shape index (κ2) is 6.99. The molecular weight excluding hydrogens is 307 g/mol. The number of hydrogen-bond acceptors (Lipinski definition) is 3. The molecule has 1 saturated carbocycles. The maximum Gasteiger partial charge on any atom is 0.224 e. The monoisotopic (exact) mass is 328 g/mol. The molecule has 126 valence electrons. The number of rotatable bonds is 6. The molecule has 1 aliphatic rings. The Morgan fingerprint density at radius 3 is 2.92 bits per heavy atom. The van der Waals surface area contributed by atoms with Crippen molar-refractivity contribution in [3.8, 4) is 5.75 Å². The highest BCUT2D eigenvalue weighted by Crippen LogP contribution is 2.47. The molecule has 0 spiro atoms. The molecule has 0 aliphatic heterocycles. The number of nitrogens with one attached hydrogen (secondary N) is 1. The zero-order valence-corrected chi connectivity index (χ0v) is 13.8. The molecule has 0 bridgehead atoms. The van der Waals surface area contributed by atoms with E-state index in [4.69, 9.17) is 4.74 Å². The summed E-state index contributed by atoms with van der Waals surface area (Å²) in [5.74, 6) is 0.0700. The van der Waals surface area contributed by atoms with E-state index in [2.05, 4.69) is 10.3 Å². The SMILES string of the molecule is CC(C)Oc1ccc(CNC(=O)[C@H]2C[C@@H]2c2cccnc2)cc1F. The van der Waals surface area contributed by atoms with Crippen LogP contribution in [0.25, 0.3) is 0 Å². The number of amides is 1. The van der Waals surface area contributed by atoms with Gasteiger partial charge in [0.2, 0.25) is 5.91 Å². The summed E-state index contributed by atoms with van der Waals surface area (Å²) in [7, 11) is 0. The van der Waals surface area contributed by atoms with E-state index in [1.165, 1.54) is 6.07 Å². The van der Waals surface area contributed by atoms with Gasteiger partial charge in [-0.15, -0.1) is 0 Å². The van der Waals surface area contributed by atoms with Gasteiger partial charge in [0.05, 0.1) is 6.10 Å². The van der Waals surface area contributed by atoms with Crippen LogP contribution < -0.4 is 10.1 Å². The van der Waals surface area contributed by atoms with Crippen molar-refractivity contribution >= 4 is 5.91 Å². The van der Waals surface area contributed by atoms with Crippen LogP contribution in [0.3, 0.4) is 0 Å². The van der Waals surface area contributed by atoms with Gasteiger partial charge in [-0.2, -0.15) is 0 Å². The van der Waals surface area contributed by atoms with E-state index >= 15 is 0 Å². The Balaban J connectivity index is 1.53. The van der Waals surface area contributed by atoms with Gasteiger partial charge in [-0.25, -0.2) is 4.39 Å². The van der Waals surface area contributed by atoms with Crippen LogP contribution in [-0.2, 0) is 11.3 Å². The van der Waals surface area contributed by atoms with Crippen molar-refractivity contribution < 1.29 is 13.9 Å². The molecule has 0 saturated heterocycles. The van der Waals surface area contributed by atoms with Crippen molar-refractivity contribution in [3.63, 3.8) is 0 Å². The van der Waals surface area contributed by atoms with Gasteiger partial charge in [0.25, 0.3) is 0 Å². The summed E-state index contributed by atoms with van der Waals surface area (Å²) >= 11 is 0. The molecule has 0 unspecified atom stereocenters. The standard InChI is InChI=1S/C19H21FN2O2/c1-12(2)24-18-6-5-13(8-17(18)20)10-22-19(23)16-9-15(16)14-4-3-7-21-11-14/h3-8,11-12,15-16H,9-10H2,1-2H3,(H,22,23)/t15-,16+/m1/s1. The van der Waals surface area contributed by atoms with Gasteiger partial charge in [-0.1, -0.05) is 12.1 Å². The van der Waals surface area contributed by atoms with Crippen molar-refractivity contribution in [1.82, 2.24) is 10.3 Å². The first-order valence-electron chi connectivity index (χ1n) is 8.17. The predicted molar refractivity (Wildman–Crippen MR) is 89.1 cm³/mol. The van der Waals surface area contributed by atoms with E-state index < -0.39 is 5.82 Å². The topological polar surface area (TPSA) is 51.2 Å². The van der Waals surface area contributed by atoms with Gasteiger partial charge >= 0.3 is 0 Å². The Morgan fingerprint density at radius 1 is 1.42 bits per heavy atom. The van der Waals surface area contributed by atoms with Gasteiger partial charge in [0.1, 0.15) is 0 Å². The lowest BCUT2D eigenvalue weighted by Gasteiger charge is -2.12. The fourth-order valence-electron chi connectivity index (χ4n) is 2.77. The van der Waals surface area contributed by atoms with Crippen LogP contribution in [0.1, 0.15) is 37.3 Å². The third kappa shape index (κ3) is 3.91. The van der Waals surface area contributed by atoms with E-state index in [1.807, 2.05) is 26.0 Å². The number of hydrogen-bond donors (Lipinski definition) is 1. The summed E-state index contributed by atoms with van der Waals surface area (Å²) in [5, 5.41) is 2.88. The second-order valence-corrected chi connectivity index (χ2v) is 6.38. The van der Waals surface area contributed by atoms with Gasteiger partial charge in [-0.3, -0.25) is 9.78 Å². The lowest BCUT2D eigenvalue weighted by Crippen LogP contribution is -2.25. The Hall–Kier alpha value is -2.43. The molecule has 2 aromatic rings. The number of carbonyl (C=O) groups excluding carboxylic acids is 1. The molecule has 4 nitrogen and oxygen atoms in total. The molecule has 1 aliphatic carbocycles. The molecule has 1 aromatic heterocycles. The number of ether oxygens (including phenoxy) is 1. The van der Waals surface area contributed by atoms with Crippen molar-refractivity contribution in [2.75, 3.05) is 0 Å². The molecule has 1 aromatic carbocycles. The molecule has 1 heterocycles. The number of nitrogens with zero attached hydrogens (tertiary/aromatic N) is 1. The summed E-state index contributed by atoms with van der Waals surface area (Å²) in [6, 6.07) is 8.66. The van der Waals surface area contributed by atoms with E-state index in [0.717, 1.165) is 17.5 Å². The summed E-state index contributed by atoms with van der Waals surface area (Å²) in [4.78, 5) is 16.3. The van der Waals surface area contributed by atoms with Crippen molar-refractivity contribution in [2.24, 2.45) is 5.92 Å². The lowest BCUT2D eigenvalue weighted by atomic mass is 10.1. The van der Waals surface area contributed by atoms with Crippen molar-refractivity contribution in [3.05, 3.63) is 59.7 Å². The van der Waals surface area contributed by atoms with Crippen LogP contribution in [0.15, 0.2) is 42.7 Å². The second-order valence-electron chi connectivity index (χ2n) is 6.38. The maximum absolute atomic E-state index is 13.9. The molecule has 2 atom stereocenters. The summed E-state index contributed by atoms with van der Waals surface area (Å²) in [6.07, 6.45) is 4.29. The molecule has 24 heavy (non-hydrogen) atoms. The number of aromatic nitrogens is 1. The molecule has 1 amide bonds. The third-order valence-corrected chi connectivity index (χ3v) is 4.07. The Labute approximate surface area is 141 Å². The predicted octanol–water partition coefficient (Wildman–Crippen LogP) is 3.43. The largest absolute Gasteiger partial charge is 0.488 e. The van der Waals surface area contributed by atoms with E-state index in [-0.39, 0.29) is 29.6 Å². The van der Waals surface area contributed by atoms with E-state index in [1.54, 1.807) is 24.5 Å².